The largest absolute Gasteiger partial charge is 0.490 e. The summed E-state index contributed by atoms with van der Waals surface area (Å²) in [7, 11) is 0. The predicted octanol–water partition coefficient (Wildman–Crippen LogP) is 5.65. The Labute approximate surface area is 227 Å². The van der Waals surface area contributed by atoms with Gasteiger partial charge in [0.15, 0.2) is 17.0 Å². The first-order valence-electron chi connectivity index (χ1n) is 11.9. The standard InChI is InChI=1S/C27H25BrClN3O5/c1-3-36-22-13-17(12-19(28)24(22)37-14-16-8-4-6-10-20(16)29)23-15(2)31-27(25(23)32(34)35)18-9-5-7-11-21(18)30-26(27)33/h4-13,15,23,25,31H,3,14H2,1-2H3,(H,30,33)/t15-,23-,25+,27-/m0/s1. The van der Waals surface area contributed by atoms with E-state index in [9.17, 15) is 14.9 Å². The van der Waals surface area contributed by atoms with Gasteiger partial charge in [-0.2, -0.15) is 0 Å². The monoisotopic (exact) mass is 585 g/mol. The third kappa shape index (κ3) is 4.24. The highest BCUT2D eigenvalue weighted by molar-refractivity contribution is 9.10. The third-order valence-electron chi connectivity index (χ3n) is 7.01. The van der Waals surface area contributed by atoms with Gasteiger partial charge in [0.05, 0.1) is 17.0 Å². The molecule has 0 aromatic heterocycles. The van der Waals surface area contributed by atoms with Crippen LogP contribution in [0.15, 0.2) is 65.1 Å². The Bertz CT molecular complexity index is 1390. The Morgan fingerprint density at radius 2 is 1.86 bits per heavy atom. The highest BCUT2D eigenvalue weighted by atomic mass is 79.9. The first kappa shape index (κ1) is 25.5. The second-order valence-corrected chi connectivity index (χ2v) is 10.4. The van der Waals surface area contributed by atoms with Crippen LogP contribution >= 0.6 is 27.5 Å². The summed E-state index contributed by atoms with van der Waals surface area (Å²) in [5.41, 5.74) is 1.16. The number of anilines is 1. The van der Waals surface area contributed by atoms with Crippen LogP contribution in [-0.4, -0.2) is 29.5 Å². The fourth-order valence-corrected chi connectivity index (χ4v) is 6.27. The zero-order valence-electron chi connectivity index (χ0n) is 20.2. The van der Waals surface area contributed by atoms with Crippen molar-refractivity contribution in [1.82, 2.24) is 5.32 Å². The second kappa shape index (κ2) is 9.96. The molecule has 37 heavy (non-hydrogen) atoms. The molecule has 2 aliphatic heterocycles. The van der Waals surface area contributed by atoms with Gasteiger partial charge in [0.2, 0.25) is 0 Å². The van der Waals surface area contributed by atoms with Gasteiger partial charge in [0.1, 0.15) is 6.61 Å². The van der Waals surface area contributed by atoms with E-state index in [2.05, 4.69) is 26.6 Å². The van der Waals surface area contributed by atoms with E-state index >= 15 is 0 Å². The first-order chi connectivity index (χ1) is 17.8. The molecule has 0 bridgehead atoms. The van der Waals surface area contributed by atoms with E-state index in [1.54, 1.807) is 36.4 Å². The number of benzene rings is 3. The quantitative estimate of drug-likeness (QED) is 0.274. The summed E-state index contributed by atoms with van der Waals surface area (Å²) in [6.45, 7) is 4.30. The third-order valence-corrected chi connectivity index (χ3v) is 7.97. The average Bonchev–Trinajstić information content (AvgIpc) is 3.33. The molecule has 3 aromatic rings. The van der Waals surface area contributed by atoms with Crippen molar-refractivity contribution < 1.29 is 19.2 Å². The number of carbonyl (C=O) groups is 1. The van der Waals surface area contributed by atoms with Crippen LogP contribution in [0.4, 0.5) is 5.69 Å². The molecule has 0 saturated carbocycles. The smallest absolute Gasteiger partial charge is 0.256 e. The molecule has 2 aliphatic rings. The second-order valence-electron chi connectivity index (χ2n) is 9.14. The molecule has 192 valence electrons. The van der Waals surface area contributed by atoms with Crippen LogP contribution in [0, 0.1) is 10.1 Å². The van der Waals surface area contributed by atoms with Crippen LogP contribution in [0.3, 0.4) is 0 Å². The molecule has 2 N–H and O–H groups in total. The van der Waals surface area contributed by atoms with Gasteiger partial charge < -0.3 is 14.8 Å². The lowest BCUT2D eigenvalue weighted by Crippen LogP contribution is -2.54. The Morgan fingerprint density at radius 1 is 1.14 bits per heavy atom. The predicted molar refractivity (Wildman–Crippen MR) is 144 cm³/mol. The molecule has 1 fully saturated rings. The van der Waals surface area contributed by atoms with Crippen molar-refractivity contribution in [3.63, 3.8) is 0 Å². The van der Waals surface area contributed by atoms with E-state index < -0.39 is 23.4 Å². The van der Waals surface area contributed by atoms with Gasteiger partial charge >= 0.3 is 0 Å². The van der Waals surface area contributed by atoms with Crippen LogP contribution in [0.5, 0.6) is 11.5 Å². The van der Waals surface area contributed by atoms with E-state index in [0.717, 1.165) is 5.56 Å². The average molecular weight is 587 g/mol. The number of para-hydroxylation sites is 1. The van der Waals surface area contributed by atoms with Gasteiger partial charge in [-0.1, -0.05) is 48.0 Å². The molecule has 0 aliphatic carbocycles. The minimum Gasteiger partial charge on any atom is -0.490 e. The molecule has 8 nitrogen and oxygen atoms in total. The molecule has 10 heteroatoms. The summed E-state index contributed by atoms with van der Waals surface area (Å²) >= 11 is 9.87. The van der Waals surface area contributed by atoms with E-state index in [4.69, 9.17) is 21.1 Å². The molecule has 1 saturated heterocycles. The normalized spacial score (nSPS) is 24.1. The van der Waals surface area contributed by atoms with Crippen molar-refractivity contribution in [2.75, 3.05) is 11.9 Å². The van der Waals surface area contributed by atoms with Crippen LogP contribution in [0.1, 0.15) is 36.5 Å². The summed E-state index contributed by atoms with van der Waals surface area (Å²) in [5.74, 6) is -0.125. The lowest BCUT2D eigenvalue weighted by molar-refractivity contribution is -0.532. The van der Waals surface area contributed by atoms with Crippen molar-refractivity contribution in [1.29, 1.82) is 0 Å². The molecule has 4 atom stereocenters. The van der Waals surface area contributed by atoms with Crippen molar-refractivity contribution >= 4 is 39.1 Å². The number of nitro groups is 1. The molecular formula is C27H25BrClN3O5. The Hall–Kier alpha value is -3.14. The maximum absolute atomic E-state index is 13.3. The summed E-state index contributed by atoms with van der Waals surface area (Å²) < 4.78 is 12.6. The number of ether oxygens (including phenoxy) is 2. The van der Waals surface area contributed by atoms with Crippen LogP contribution in [-0.2, 0) is 16.9 Å². The Kier molecular flexibility index (Phi) is 6.87. The number of carbonyl (C=O) groups excluding carboxylic acids is 1. The zero-order chi connectivity index (χ0) is 26.3. The SMILES string of the molecule is CCOc1cc([C@@H]2[C@H](C)N[C@]3(C(=O)Nc4ccccc43)[C@@H]2[N+](=O)[O-])cc(Br)c1OCc1ccccc1Cl. The van der Waals surface area contributed by atoms with Gasteiger partial charge in [0.25, 0.3) is 11.9 Å². The number of nitrogens with one attached hydrogen (secondary N) is 2. The van der Waals surface area contributed by atoms with Crippen molar-refractivity contribution in [3.8, 4) is 11.5 Å². The molecule has 2 heterocycles. The van der Waals surface area contributed by atoms with Crippen LogP contribution < -0.4 is 20.1 Å². The molecule has 0 unspecified atom stereocenters. The fourth-order valence-electron chi connectivity index (χ4n) is 5.50. The zero-order valence-corrected chi connectivity index (χ0v) is 22.5. The minimum atomic E-state index is -1.48. The highest BCUT2D eigenvalue weighted by Gasteiger charge is 2.67. The van der Waals surface area contributed by atoms with Gasteiger partial charge in [-0.05, 0) is 59.6 Å². The number of hydrogen-bond donors (Lipinski definition) is 2. The van der Waals surface area contributed by atoms with Gasteiger partial charge in [-0.3, -0.25) is 20.2 Å². The Morgan fingerprint density at radius 3 is 2.59 bits per heavy atom. The number of amides is 1. The van der Waals surface area contributed by atoms with E-state index in [-0.39, 0.29) is 17.6 Å². The maximum atomic E-state index is 13.3. The van der Waals surface area contributed by atoms with Crippen LogP contribution in [0.2, 0.25) is 5.02 Å². The van der Waals surface area contributed by atoms with Crippen LogP contribution in [0.25, 0.3) is 0 Å². The molecule has 0 radical (unpaired) electrons. The Balaban J connectivity index is 1.55. The number of fused-ring (bicyclic) bond motifs is 2. The first-order valence-corrected chi connectivity index (χ1v) is 13.1. The summed E-state index contributed by atoms with van der Waals surface area (Å²) in [5, 5.41) is 19.3. The number of nitrogens with zero attached hydrogens (tertiary/aromatic N) is 1. The fraction of sp³-hybridized carbons (Fsp3) is 0.296. The number of rotatable bonds is 7. The maximum Gasteiger partial charge on any atom is 0.256 e. The molecular weight excluding hydrogens is 562 g/mol. The van der Waals surface area contributed by atoms with Crippen molar-refractivity contribution in [3.05, 3.63) is 97.0 Å². The minimum absolute atomic E-state index is 0.219. The number of halogens is 2. The van der Waals surface area contributed by atoms with E-state index in [1.165, 1.54) is 0 Å². The van der Waals surface area contributed by atoms with Gasteiger partial charge in [-0.15, -0.1) is 0 Å². The summed E-state index contributed by atoms with van der Waals surface area (Å²) in [6.07, 6.45) is 0. The molecule has 5 rings (SSSR count). The van der Waals surface area contributed by atoms with Crippen molar-refractivity contribution in [2.45, 2.75) is 44.0 Å². The lowest BCUT2D eigenvalue weighted by Gasteiger charge is -2.26. The highest BCUT2D eigenvalue weighted by Crippen LogP contribution is 2.51. The number of hydrogen-bond acceptors (Lipinski definition) is 6. The van der Waals surface area contributed by atoms with E-state index in [1.807, 2.05) is 38.1 Å². The van der Waals surface area contributed by atoms with Gasteiger partial charge in [0, 0.05) is 32.8 Å². The van der Waals surface area contributed by atoms with Gasteiger partial charge in [-0.25, -0.2) is 0 Å². The molecule has 3 aromatic carbocycles. The lowest BCUT2D eigenvalue weighted by atomic mass is 9.78. The summed E-state index contributed by atoms with van der Waals surface area (Å²) in [6, 6.07) is 16.4. The molecule has 1 amide bonds. The molecule has 1 spiro atoms. The van der Waals surface area contributed by atoms with E-state index in [0.29, 0.717) is 44.4 Å². The summed E-state index contributed by atoms with van der Waals surface area (Å²) in [4.78, 5) is 25.5. The topological polar surface area (TPSA) is 103 Å². The van der Waals surface area contributed by atoms with Crippen molar-refractivity contribution in [2.24, 2.45) is 0 Å².